The maximum atomic E-state index is 11.2. The molecule has 0 bridgehead atoms. The van der Waals surface area contributed by atoms with Gasteiger partial charge in [0.15, 0.2) is 0 Å². The zero-order chi connectivity index (χ0) is 10.8. The van der Waals surface area contributed by atoms with Crippen molar-refractivity contribution in [1.29, 1.82) is 0 Å². The predicted octanol–water partition coefficient (Wildman–Crippen LogP) is 0.369. The minimum absolute atomic E-state index is 0.247. The van der Waals surface area contributed by atoms with Gasteiger partial charge in [-0.1, -0.05) is 6.07 Å². The summed E-state index contributed by atoms with van der Waals surface area (Å²) in [5, 5.41) is 3.87. The average Bonchev–Trinajstić information content (AvgIpc) is 2.76. The first-order chi connectivity index (χ1) is 7.18. The number of urea groups is 1. The third kappa shape index (κ3) is 1.89. The van der Waals surface area contributed by atoms with Crippen LogP contribution in [0.5, 0.6) is 0 Å². The fourth-order valence-electron chi connectivity index (χ4n) is 1.31. The highest BCUT2D eigenvalue weighted by Crippen LogP contribution is 2.11. The largest absolute Gasteiger partial charge is 0.331 e. The molecule has 6 heteroatoms. The molecule has 0 atom stereocenters. The monoisotopic (exact) mass is 224 g/mol. The number of nitrogens with zero attached hydrogens (tertiary/aromatic N) is 1. The molecule has 1 N–H and O–H groups in total. The zero-order valence-electron chi connectivity index (χ0n) is 7.73. The Balaban J connectivity index is 1.98. The van der Waals surface area contributed by atoms with Crippen LogP contribution in [0, 0.1) is 0 Å². The van der Waals surface area contributed by atoms with Crippen LogP contribution in [0.4, 0.5) is 4.79 Å². The molecule has 0 saturated carbocycles. The van der Waals surface area contributed by atoms with E-state index in [1.54, 1.807) is 11.3 Å². The second kappa shape index (κ2) is 3.82. The number of rotatable bonds is 3. The molecule has 2 rings (SSSR count). The fraction of sp³-hybridized carbons (Fsp3) is 0.222. The molecule has 1 aliphatic heterocycles. The van der Waals surface area contributed by atoms with Crippen LogP contribution >= 0.6 is 11.3 Å². The minimum Gasteiger partial charge on any atom is -0.269 e. The van der Waals surface area contributed by atoms with E-state index in [1.807, 2.05) is 22.8 Å². The number of nitrogens with one attached hydrogen (secondary N) is 1. The number of amides is 4. The summed E-state index contributed by atoms with van der Waals surface area (Å²) in [6.07, 6.45) is 0.587. The van der Waals surface area contributed by atoms with Gasteiger partial charge in [-0.15, -0.1) is 11.3 Å². The Labute approximate surface area is 89.7 Å². The molecule has 0 radical (unpaired) electrons. The smallest absolute Gasteiger partial charge is 0.269 e. The van der Waals surface area contributed by atoms with E-state index in [2.05, 4.69) is 0 Å². The topological polar surface area (TPSA) is 66.5 Å². The van der Waals surface area contributed by atoms with E-state index >= 15 is 0 Å². The maximum absolute atomic E-state index is 11.2. The Morgan fingerprint density at radius 2 is 2.13 bits per heavy atom. The quantitative estimate of drug-likeness (QED) is 0.595. The Kier molecular flexibility index (Phi) is 2.51. The maximum Gasteiger partial charge on any atom is 0.331 e. The number of carbonyl (C=O) groups excluding carboxylic acids is 3. The molecule has 1 saturated heterocycles. The normalized spacial score (nSPS) is 16.0. The summed E-state index contributed by atoms with van der Waals surface area (Å²) in [5.41, 5.74) is 0. The van der Waals surface area contributed by atoms with Crippen molar-refractivity contribution in [2.75, 3.05) is 6.54 Å². The van der Waals surface area contributed by atoms with Crippen molar-refractivity contribution >= 4 is 29.2 Å². The third-order valence-corrected chi connectivity index (χ3v) is 3.00. The van der Waals surface area contributed by atoms with E-state index in [-0.39, 0.29) is 6.54 Å². The van der Waals surface area contributed by atoms with Crippen LogP contribution in [0.2, 0.25) is 0 Å². The van der Waals surface area contributed by atoms with Gasteiger partial charge in [0.05, 0.1) is 0 Å². The summed E-state index contributed by atoms with van der Waals surface area (Å²) in [7, 11) is 0. The molecule has 4 amide bonds. The van der Waals surface area contributed by atoms with Crippen molar-refractivity contribution in [2.24, 2.45) is 0 Å². The van der Waals surface area contributed by atoms with Crippen LogP contribution in [-0.2, 0) is 16.0 Å². The van der Waals surface area contributed by atoms with Crippen molar-refractivity contribution in [3.05, 3.63) is 22.4 Å². The predicted molar refractivity (Wildman–Crippen MR) is 53.3 cm³/mol. The van der Waals surface area contributed by atoms with Crippen molar-refractivity contribution < 1.29 is 14.4 Å². The minimum atomic E-state index is -0.842. The van der Waals surface area contributed by atoms with E-state index < -0.39 is 17.8 Å². The summed E-state index contributed by atoms with van der Waals surface area (Å²) in [4.78, 5) is 35.1. The van der Waals surface area contributed by atoms with Gasteiger partial charge in [-0.05, 0) is 11.4 Å². The van der Waals surface area contributed by atoms with Gasteiger partial charge in [-0.25, -0.2) is 4.79 Å². The highest BCUT2D eigenvalue weighted by atomic mass is 32.1. The highest BCUT2D eigenvalue weighted by Gasteiger charge is 2.36. The van der Waals surface area contributed by atoms with Crippen molar-refractivity contribution in [3.63, 3.8) is 0 Å². The molecule has 0 unspecified atom stereocenters. The van der Waals surface area contributed by atoms with Crippen LogP contribution in [0.1, 0.15) is 4.88 Å². The second-order valence-electron chi connectivity index (χ2n) is 3.05. The molecule has 1 fully saturated rings. The van der Waals surface area contributed by atoms with E-state index in [9.17, 15) is 14.4 Å². The molecule has 5 nitrogen and oxygen atoms in total. The Hall–Kier alpha value is -1.69. The van der Waals surface area contributed by atoms with Gasteiger partial charge in [0, 0.05) is 17.8 Å². The lowest BCUT2D eigenvalue weighted by molar-refractivity contribution is -0.140. The first-order valence-corrected chi connectivity index (χ1v) is 5.25. The van der Waals surface area contributed by atoms with Gasteiger partial charge in [0.2, 0.25) is 0 Å². The van der Waals surface area contributed by atoms with Gasteiger partial charge in [0.1, 0.15) is 0 Å². The summed E-state index contributed by atoms with van der Waals surface area (Å²) in [6.45, 7) is 0.247. The lowest BCUT2D eigenvalue weighted by atomic mass is 10.3. The van der Waals surface area contributed by atoms with E-state index in [0.29, 0.717) is 6.42 Å². The number of hydrogen-bond donors (Lipinski definition) is 1. The molecule has 1 aliphatic rings. The lowest BCUT2D eigenvalue weighted by Gasteiger charge is -2.09. The first-order valence-electron chi connectivity index (χ1n) is 4.37. The van der Waals surface area contributed by atoms with Crippen molar-refractivity contribution in [1.82, 2.24) is 10.2 Å². The molecule has 1 aromatic heterocycles. The molecule has 0 aliphatic carbocycles. The van der Waals surface area contributed by atoms with Crippen molar-refractivity contribution in [3.8, 4) is 0 Å². The van der Waals surface area contributed by atoms with Crippen LogP contribution in [0.3, 0.4) is 0 Å². The van der Waals surface area contributed by atoms with Gasteiger partial charge in [0.25, 0.3) is 0 Å². The summed E-state index contributed by atoms with van der Waals surface area (Å²) < 4.78 is 0. The number of thiophene rings is 1. The SMILES string of the molecule is O=C1NC(=O)N(CCc2cccs2)C1=O. The summed E-state index contributed by atoms with van der Waals surface area (Å²) in [6, 6.07) is 3.20. The molecular formula is C9H8N2O3S. The average molecular weight is 224 g/mol. The van der Waals surface area contributed by atoms with Crippen LogP contribution in [-0.4, -0.2) is 29.3 Å². The van der Waals surface area contributed by atoms with E-state index in [0.717, 1.165) is 9.78 Å². The molecule has 15 heavy (non-hydrogen) atoms. The number of imide groups is 2. The Bertz CT molecular complexity index is 413. The molecular weight excluding hydrogens is 216 g/mol. The molecule has 0 spiro atoms. The number of carbonyl (C=O) groups is 3. The Morgan fingerprint density at radius 3 is 2.67 bits per heavy atom. The fourth-order valence-corrected chi connectivity index (χ4v) is 2.01. The van der Waals surface area contributed by atoms with Gasteiger partial charge < -0.3 is 0 Å². The van der Waals surface area contributed by atoms with Crippen LogP contribution < -0.4 is 5.32 Å². The third-order valence-electron chi connectivity index (χ3n) is 2.07. The highest BCUT2D eigenvalue weighted by molar-refractivity contribution is 7.09. The summed E-state index contributed by atoms with van der Waals surface area (Å²) >= 11 is 1.55. The van der Waals surface area contributed by atoms with E-state index in [1.165, 1.54) is 0 Å². The van der Waals surface area contributed by atoms with E-state index in [4.69, 9.17) is 0 Å². The second-order valence-corrected chi connectivity index (χ2v) is 4.08. The first kappa shape index (κ1) is 9.85. The van der Waals surface area contributed by atoms with Gasteiger partial charge in [-0.2, -0.15) is 0 Å². The Morgan fingerprint density at radius 1 is 1.33 bits per heavy atom. The van der Waals surface area contributed by atoms with Gasteiger partial charge >= 0.3 is 17.8 Å². The lowest BCUT2D eigenvalue weighted by Crippen LogP contribution is -2.32. The van der Waals surface area contributed by atoms with Crippen molar-refractivity contribution in [2.45, 2.75) is 6.42 Å². The van der Waals surface area contributed by atoms with Crippen LogP contribution in [0.15, 0.2) is 17.5 Å². The van der Waals surface area contributed by atoms with Crippen LogP contribution in [0.25, 0.3) is 0 Å². The zero-order valence-corrected chi connectivity index (χ0v) is 8.54. The molecule has 2 heterocycles. The standard InChI is InChI=1S/C9H8N2O3S/c12-7-8(13)11(9(14)10-7)4-3-6-2-1-5-15-6/h1-2,5H,3-4H2,(H,10,12,14). The molecule has 1 aromatic rings. The molecule has 0 aromatic carbocycles. The summed E-state index contributed by atoms with van der Waals surface area (Å²) in [5.74, 6) is -1.61. The van der Waals surface area contributed by atoms with Gasteiger partial charge in [-0.3, -0.25) is 19.8 Å². The number of hydrogen-bond acceptors (Lipinski definition) is 4. The molecule has 78 valence electrons.